The molecular formula is C21H26N4O4. The van der Waals surface area contributed by atoms with Gasteiger partial charge in [-0.1, -0.05) is 18.2 Å². The van der Waals surface area contributed by atoms with E-state index in [2.05, 4.69) is 5.10 Å². The maximum absolute atomic E-state index is 13.2. The van der Waals surface area contributed by atoms with Crippen molar-refractivity contribution >= 4 is 11.8 Å². The molecule has 8 heteroatoms. The Morgan fingerprint density at radius 3 is 2.69 bits per heavy atom. The van der Waals surface area contributed by atoms with Gasteiger partial charge in [0.1, 0.15) is 12.4 Å². The van der Waals surface area contributed by atoms with Crippen molar-refractivity contribution in [2.45, 2.75) is 19.1 Å². The quantitative estimate of drug-likeness (QED) is 0.732. The lowest BCUT2D eigenvalue weighted by Gasteiger charge is -2.45. The van der Waals surface area contributed by atoms with Crippen LogP contribution in [-0.4, -0.2) is 70.3 Å². The fourth-order valence-corrected chi connectivity index (χ4v) is 3.95. The highest BCUT2D eigenvalue weighted by Gasteiger charge is 2.45. The molecule has 2 fully saturated rings. The lowest BCUT2D eigenvalue weighted by atomic mass is 9.95. The van der Waals surface area contributed by atoms with Crippen molar-refractivity contribution in [1.82, 2.24) is 19.6 Å². The summed E-state index contributed by atoms with van der Waals surface area (Å²) in [5.41, 5.74) is 0.810. The van der Waals surface area contributed by atoms with Crippen LogP contribution in [-0.2, 0) is 21.4 Å². The molecule has 1 aromatic heterocycles. The van der Waals surface area contributed by atoms with Crippen molar-refractivity contribution in [3.63, 3.8) is 0 Å². The van der Waals surface area contributed by atoms with Gasteiger partial charge in [-0.3, -0.25) is 14.3 Å². The molecule has 0 unspecified atom stereocenters. The molecule has 0 bridgehead atoms. The van der Waals surface area contributed by atoms with E-state index in [0.29, 0.717) is 32.2 Å². The number of likely N-dealkylation sites (tertiary alicyclic amines) is 1. The molecule has 1 aromatic carbocycles. The van der Waals surface area contributed by atoms with Crippen LogP contribution in [0, 0.1) is 5.92 Å². The number of aryl methyl sites for hydroxylation is 1. The molecule has 2 aliphatic rings. The third-order valence-electron chi connectivity index (χ3n) is 5.48. The number of aromatic nitrogens is 2. The molecule has 2 atom stereocenters. The third kappa shape index (κ3) is 3.98. The number of rotatable bonds is 6. The Kier molecular flexibility index (Phi) is 5.53. The molecule has 0 aliphatic carbocycles. The van der Waals surface area contributed by atoms with E-state index in [0.717, 1.165) is 11.3 Å². The van der Waals surface area contributed by atoms with E-state index in [4.69, 9.17) is 9.47 Å². The van der Waals surface area contributed by atoms with Gasteiger partial charge in [-0.15, -0.1) is 0 Å². The minimum atomic E-state index is -0.715. The Hall–Kier alpha value is -2.87. The van der Waals surface area contributed by atoms with Crippen LogP contribution in [0.3, 0.4) is 0 Å². The third-order valence-corrected chi connectivity index (χ3v) is 5.48. The lowest BCUT2D eigenvalue weighted by molar-refractivity contribution is -0.173. The molecule has 0 radical (unpaired) electrons. The predicted molar refractivity (Wildman–Crippen MR) is 105 cm³/mol. The standard InChI is InChI=1S/C21H26N4O4/c1-3-25-18(26)14-29-20(19(25)16-9-22-23(2)12-16)21(27)24-10-15(11-24)13-28-17-7-5-4-6-8-17/h4-9,12,15,19-20H,3,10-11,13-14H2,1-2H3/t19-,20+/m1/s1. The number of benzene rings is 1. The van der Waals surface area contributed by atoms with Crippen LogP contribution in [0.25, 0.3) is 0 Å². The van der Waals surface area contributed by atoms with Crippen LogP contribution in [0.4, 0.5) is 0 Å². The van der Waals surface area contributed by atoms with Gasteiger partial charge in [0.25, 0.3) is 5.91 Å². The highest BCUT2D eigenvalue weighted by Crippen LogP contribution is 2.32. The van der Waals surface area contributed by atoms with Crippen molar-refractivity contribution in [3.8, 4) is 5.75 Å². The minimum absolute atomic E-state index is 0.0740. The minimum Gasteiger partial charge on any atom is -0.493 e. The number of carbonyl (C=O) groups is 2. The van der Waals surface area contributed by atoms with Crippen LogP contribution < -0.4 is 4.74 Å². The number of likely N-dealkylation sites (N-methyl/N-ethyl adjacent to an activating group) is 1. The summed E-state index contributed by atoms with van der Waals surface area (Å²) < 4.78 is 13.2. The molecule has 2 amide bonds. The fourth-order valence-electron chi connectivity index (χ4n) is 3.95. The maximum atomic E-state index is 13.2. The number of hydrogen-bond donors (Lipinski definition) is 0. The van der Waals surface area contributed by atoms with Gasteiger partial charge in [0, 0.05) is 44.4 Å². The topological polar surface area (TPSA) is 76.9 Å². The first-order chi connectivity index (χ1) is 14.1. The van der Waals surface area contributed by atoms with Crippen LogP contribution in [0.1, 0.15) is 18.5 Å². The molecule has 2 aromatic rings. The zero-order valence-corrected chi connectivity index (χ0v) is 16.7. The highest BCUT2D eigenvalue weighted by molar-refractivity contribution is 5.87. The summed E-state index contributed by atoms with van der Waals surface area (Å²) in [7, 11) is 1.81. The summed E-state index contributed by atoms with van der Waals surface area (Å²) in [5.74, 6) is 0.939. The van der Waals surface area contributed by atoms with Gasteiger partial charge in [0.15, 0.2) is 6.10 Å². The zero-order valence-electron chi connectivity index (χ0n) is 16.7. The molecule has 2 aliphatic heterocycles. The summed E-state index contributed by atoms with van der Waals surface area (Å²) in [6.07, 6.45) is 2.82. The fraction of sp³-hybridized carbons (Fsp3) is 0.476. The van der Waals surface area contributed by atoms with Crippen molar-refractivity contribution in [1.29, 1.82) is 0 Å². The summed E-state index contributed by atoms with van der Waals surface area (Å²) in [5, 5.41) is 4.21. The maximum Gasteiger partial charge on any atom is 0.254 e. The van der Waals surface area contributed by atoms with Gasteiger partial charge in [0.2, 0.25) is 5.91 Å². The Bertz CT molecular complexity index is 863. The van der Waals surface area contributed by atoms with Crippen molar-refractivity contribution in [2.75, 3.05) is 32.8 Å². The SMILES string of the molecule is CCN1C(=O)CO[C@H](C(=O)N2CC(COc3ccccc3)C2)[C@H]1c1cnn(C)c1. The summed E-state index contributed by atoms with van der Waals surface area (Å²) in [4.78, 5) is 29.0. The molecular weight excluding hydrogens is 372 g/mol. The second kappa shape index (κ2) is 8.24. The molecule has 8 nitrogen and oxygen atoms in total. The van der Waals surface area contributed by atoms with Crippen molar-refractivity contribution in [3.05, 3.63) is 48.3 Å². The van der Waals surface area contributed by atoms with Crippen LogP contribution in [0.2, 0.25) is 0 Å². The summed E-state index contributed by atoms with van der Waals surface area (Å²) in [6.45, 7) is 4.19. The molecule has 3 heterocycles. The zero-order chi connectivity index (χ0) is 20.4. The highest BCUT2D eigenvalue weighted by atomic mass is 16.5. The number of nitrogens with zero attached hydrogens (tertiary/aromatic N) is 4. The molecule has 4 rings (SSSR count). The first kappa shape index (κ1) is 19.4. The lowest BCUT2D eigenvalue weighted by Crippen LogP contribution is -2.60. The van der Waals surface area contributed by atoms with Gasteiger partial charge in [-0.2, -0.15) is 5.10 Å². The average molecular weight is 398 g/mol. The molecule has 154 valence electrons. The Balaban J connectivity index is 1.40. The first-order valence-corrected chi connectivity index (χ1v) is 9.93. The van der Waals surface area contributed by atoms with Crippen LogP contribution >= 0.6 is 0 Å². The largest absolute Gasteiger partial charge is 0.493 e. The second-order valence-corrected chi connectivity index (χ2v) is 7.54. The number of ether oxygens (including phenoxy) is 2. The van der Waals surface area contributed by atoms with Gasteiger partial charge in [0.05, 0.1) is 18.8 Å². The number of carbonyl (C=O) groups excluding carboxylic acids is 2. The second-order valence-electron chi connectivity index (χ2n) is 7.54. The molecule has 29 heavy (non-hydrogen) atoms. The average Bonchev–Trinajstić information content (AvgIpc) is 3.13. The van der Waals surface area contributed by atoms with E-state index >= 15 is 0 Å². The van der Waals surface area contributed by atoms with Crippen LogP contribution in [0.15, 0.2) is 42.7 Å². The van der Waals surface area contributed by atoms with Gasteiger partial charge in [-0.25, -0.2) is 0 Å². The Morgan fingerprint density at radius 2 is 2.03 bits per heavy atom. The number of hydrogen-bond acceptors (Lipinski definition) is 5. The molecule has 0 spiro atoms. The van der Waals surface area contributed by atoms with Gasteiger partial charge < -0.3 is 19.3 Å². The van der Waals surface area contributed by atoms with Gasteiger partial charge in [-0.05, 0) is 19.1 Å². The number of morpholine rings is 1. The van der Waals surface area contributed by atoms with E-state index in [1.54, 1.807) is 20.7 Å². The van der Waals surface area contributed by atoms with E-state index in [1.807, 2.05) is 50.5 Å². The summed E-state index contributed by atoms with van der Waals surface area (Å²) >= 11 is 0. The Morgan fingerprint density at radius 1 is 1.28 bits per heavy atom. The normalized spacial score (nSPS) is 22.5. The number of amides is 2. The number of para-hydroxylation sites is 1. The van der Waals surface area contributed by atoms with E-state index < -0.39 is 12.1 Å². The van der Waals surface area contributed by atoms with Crippen molar-refractivity contribution in [2.24, 2.45) is 13.0 Å². The monoisotopic (exact) mass is 398 g/mol. The van der Waals surface area contributed by atoms with Crippen molar-refractivity contribution < 1.29 is 19.1 Å². The summed E-state index contributed by atoms with van der Waals surface area (Å²) in [6, 6.07) is 9.21. The Labute approximate surface area is 170 Å². The molecule has 0 saturated carbocycles. The predicted octanol–water partition coefficient (Wildman–Crippen LogP) is 1.25. The first-order valence-electron chi connectivity index (χ1n) is 9.93. The smallest absolute Gasteiger partial charge is 0.254 e. The molecule has 0 N–H and O–H groups in total. The molecule has 2 saturated heterocycles. The van der Waals surface area contributed by atoms with E-state index in [1.165, 1.54) is 0 Å². The van der Waals surface area contributed by atoms with E-state index in [9.17, 15) is 9.59 Å². The van der Waals surface area contributed by atoms with Gasteiger partial charge >= 0.3 is 0 Å². The van der Waals surface area contributed by atoms with E-state index in [-0.39, 0.29) is 18.4 Å². The van der Waals surface area contributed by atoms with Crippen LogP contribution in [0.5, 0.6) is 5.75 Å².